The molecule has 0 saturated heterocycles. The number of nitrogens with zero attached hydrogens (tertiary/aromatic N) is 3. The summed E-state index contributed by atoms with van der Waals surface area (Å²) in [5, 5.41) is 5.16. The van der Waals surface area contributed by atoms with Crippen LogP contribution in [0.3, 0.4) is 0 Å². The number of nitrogens with one attached hydrogen (secondary N) is 2. The molecule has 8 nitrogen and oxygen atoms in total. The number of alkyl halides is 3. The van der Waals surface area contributed by atoms with Gasteiger partial charge in [0.1, 0.15) is 0 Å². The second-order valence-corrected chi connectivity index (χ2v) is 10.0. The number of anilines is 1. The molecule has 1 aromatic heterocycles. The van der Waals surface area contributed by atoms with Crippen molar-refractivity contribution < 1.29 is 22.8 Å². The number of fused-ring (bicyclic) bond motifs is 1. The molecule has 0 unspecified atom stereocenters. The molecule has 0 spiro atoms. The van der Waals surface area contributed by atoms with E-state index in [2.05, 4.69) is 10.6 Å². The number of rotatable bonds is 5. The van der Waals surface area contributed by atoms with E-state index in [1.165, 1.54) is 16.5 Å². The van der Waals surface area contributed by atoms with E-state index in [0.29, 0.717) is 22.5 Å². The van der Waals surface area contributed by atoms with Crippen LogP contribution >= 0.6 is 11.6 Å². The van der Waals surface area contributed by atoms with Gasteiger partial charge in [0, 0.05) is 35.8 Å². The molecule has 4 rings (SSSR count). The lowest BCUT2D eigenvalue weighted by atomic mass is 9.98. The van der Waals surface area contributed by atoms with E-state index in [0.717, 1.165) is 18.2 Å². The zero-order valence-electron chi connectivity index (χ0n) is 21.7. The molecule has 0 fully saturated rings. The normalized spacial score (nSPS) is 15.2. The van der Waals surface area contributed by atoms with E-state index in [1.807, 2.05) is 13.8 Å². The largest absolute Gasteiger partial charge is 0.417 e. The first kappa shape index (κ1) is 28.2. The van der Waals surface area contributed by atoms with Crippen LogP contribution in [0.15, 0.2) is 47.3 Å². The van der Waals surface area contributed by atoms with E-state index < -0.39 is 28.7 Å². The number of benzene rings is 2. The number of aromatic nitrogens is 2. The number of hydrogen-bond acceptors (Lipinski definition) is 5. The monoisotopic (exact) mass is 561 g/mol. The van der Waals surface area contributed by atoms with Gasteiger partial charge in [-0.15, -0.1) is 0 Å². The standard InChI is InChI=1S/C27H27ClF3N5O3/c1-14(2)33-26-34-22-13-35(24(38)17-7-10-20(21(28)12-17)27(29,30)31)15(3)11-19(22)25(39)36(26)18-8-5-16(6-9-18)23(37)32-4/h5-10,12,14-15H,11,13H2,1-4H3,(H,32,37)(H,33,34)/t15-/m1/s1. The Balaban J connectivity index is 1.73. The summed E-state index contributed by atoms with van der Waals surface area (Å²) in [5.41, 5.74) is 0.447. The van der Waals surface area contributed by atoms with Crippen LogP contribution in [0.4, 0.5) is 19.1 Å². The zero-order valence-corrected chi connectivity index (χ0v) is 22.4. The molecule has 12 heteroatoms. The third-order valence-electron chi connectivity index (χ3n) is 6.43. The summed E-state index contributed by atoms with van der Waals surface area (Å²) in [7, 11) is 1.53. The average Bonchev–Trinajstić information content (AvgIpc) is 2.87. The molecule has 2 aromatic carbocycles. The topological polar surface area (TPSA) is 96.3 Å². The fourth-order valence-electron chi connectivity index (χ4n) is 4.48. The van der Waals surface area contributed by atoms with Crippen molar-refractivity contribution in [3.05, 3.63) is 85.8 Å². The van der Waals surface area contributed by atoms with Crippen molar-refractivity contribution in [1.82, 2.24) is 19.8 Å². The minimum Gasteiger partial charge on any atom is -0.355 e. The van der Waals surface area contributed by atoms with Crippen molar-refractivity contribution in [1.29, 1.82) is 0 Å². The summed E-state index contributed by atoms with van der Waals surface area (Å²) in [5.74, 6) is -0.509. The smallest absolute Gasteiger partial charge is 0.355 e. The fourth-order valence-corrected chi connectivity index (χ4v) is 4.76. The molecule has 0 saturated carbocycles. The lowest BCUT2D eigenvalue weighted by Crippen LogP contribution is -2.46. The highest BCUT2D eigenvalue weighted by Crippen LogP contribution is 2.35. The Morgan fingerprint density at radius 1 is 1.10 bits per heavy atom. The van der Waals surface area contributed by atoms with Crippen molar-refractivity contribution in [3.63, 3.8) is 0 Å². The third-order valence-corrected chi connectivity index (χ3v) is 6.74. The highest BCUT2D eigenvalue weighted by Gasteiger charge is 2.35. The molecule has 0 bridgehead atoms. The van der Waals surface area contributed by atoms with Crippen molar-refractivity contribution >= 4 is 29.4 Å². The Labute approximate surface area is 227 Å². The summed E-state index contributed by atoms with van der Waals surface area (Å²) < 4.78 is 40.8. The molecular formula is C27H27ClF3N5O3. The summed E-state index contributed by atoms with van der Waals surface area (Å²) >= 11 is 5.84. The Kier molecular flexibility index (Phi) is 7.74. The lowest BCUT2D eigenvalue weighted by molar-refractivity contribution is -0.137. The fraction of sp³-hybridized carbons (Fsp3) is 0.333. The maximum atomic E-state index is 13.7. The predicted molar refractivity (Wildman–Crippen MR) is 141 cm³/mol. The number of carbonyl (C=O) groups is 2. The lowest BCUT2D eigenvalue weighted by Gasteiger charge is -2.35. The number of halogens is 4. The minimum absolute atomic E-state index is 0.00750. The summed E-state index contributed by atoms with van der Waals surface area (Å²) in [4.78, 5) is 45.1. The first-order valence-electron chi connectivity index (χ1n) is 12.2. The first-order chi connectivity index (χ1) is 18.3. The highest BCUT2D eigenvalue weighted by molar-refractivity contribution is 6.31. The zero-order chi connectivity index (χ0) is 28.6. The first-order valence-corrected chi connectivity index (χ1v) is 12.6. The SMILES string of the molecule is CNC(=O)c1ccc(-n2c(NC(C)C)nc3c(c2=O)C[C@@H](C)N(C(=O)c2ccc(C(F)(F)F)c(Cl)c2)C3)cc1. The van der Waals surface area contributed by atoms with Crippen LogP contribution in [0.1, 0.15) is 58.3 Å². The summed E-state index contributed by atoms with van der Waals surface area (Å²) in [6.07, 6.45) is -4.44. The molecule has 39 heavy (non-hydrogen) atoms. The molecule has 2 heterocycles. The van der Waals surface area contributed by atoms with Crippen LogP contribution in [0.5, 0.6) is 0 Å². The van der Waals surface area contributed by atoms with Gasteiger partial charge in [0.15, 0.2) is 0 Å². The highest BCUT2D eigenvalue weighted by atomic mass is 35.5. The Morgan fingerprint density at radius 2 is 1.74 bits per heavy atom. The minimum atomic E-state index is -4.64. The Bertz CT molecular complexity index is 1490. The number of amides is 2. The van der Waals surface area contributed by atoms with Crippen molar-refractivity contribution in [2.24, 2.45) is 0 Å². The van der Waals surface area contributed by atoms with E-state index >= 15 is 0 Å². The molecule has 206 valence electrons. The van der Waals surface area contributed by atoms with Crippen molar-refractivity contribution in [2.45, 2.75) is 52.0 Å². The third kappa shape index (κ3) is 5.63. The van der Waals surface area contributed by atoms with Gasteiger partial charge in [-0.2, -0.15) is 13.2 Å². The van der Waals surface area contributed by atoms with E-state index in [9.17, 15) is 27.6 Å². The Morgan fingerprint density at radius 3 is 2.31 bits per heavy atom. The second-order valence-electron chi connectivity index (χ2n) is 9.60. The van der Waals surface area contributed by atoms with Gasteiger partial charge in [0.25, 0.3) is 17.4 Å². The molecule has 3 aromatic rings. The quantitative estimate of drug-likeness (QED) is 0.472. The summed E-state index contributed by atoms with van der Waals surface area (Å²) in [6, 6.07) is 8.90. The van der Waals surface area contributed by atoms with E-state index in [1.54, 1.807) is 31.2 Å². The van der Waals surface area contributed by atoms with Crippen LogP contribution in [0.2, 0.25) is 5.02 Å². The van der Waals surface area contributed by atoms with Gasteiger partial charge in [-0.25, -0.2) is 9.55 Å². The number of hydrogen-bond donors (Lipinski definition) is 2. The van der Waals surface area contributed by atoms with Crippen molar-refractivity contribution in [2.75, 3.05) is 12.4 Å². The Hall–Kier alpha value is -3.86. The van der Waals surface area contributed by atoms with Gasteiger partial charge >= 0.3 is 6.18 Å². The van der Waals surface area contributed by atoms with Gasteiger partial charge in [-0.3, -0.25) is 14.4 Å². The molecule has 1 aliphatic heterocycles. The molecule has 2 N–H and O–H groups in total. The van der Waals surface area contributed by atoms with Gasteiger partial charge in [0.05, 0.1) is 28.5 Å². The molecule has 2 amide bonds. The second kappa shape index (κ2) is 10.7. The van der Waals surface area contributed by atoms with Gasteiger partial charge in [-0.1, -0.05) is 11.6 Å². The maximum Gasteiger partial charge on any atom is 0.417 e. The van der Waals surface area contributed by atoms with Gasteiger partial charge < -0.3 is 15.5 Å². The van der Waals surface area contributed by atoms with Crippen LogP contribution in [0, 0.1) is 0 Å². The van der Waals surface area contributed by atoms with Crippen LogP contribution in [-0.2, 0) is 19.1 Å². The van der Waals surface area contributed by atoms with Crippen LogP contribution in [-0.4, -0.2) is 45.4 Å². The summed E-state index contributed by atoms with van der Waals surface area (Å²) in [6.45, 7) is 5.52. The van der Waals surface area contributed by atoms with Crippen LogP contribution < -0.4 is 16.2 Å². The molecular weight excluding hydrogens is 535 g/mol. The molecule has 1 aliphatic rings. The van der Waals surface area contributed by atoms with E-state index in [-0.39, 0.29) is 42.0 Å². The average molecular weight is 562 g/mol. The van der Waals surface area contributed by atoms with Crippen molar-refractivity contribution in [3.8, 4) is 5.69 Å². The van der Waals surface area contributed by atoms with Gasteiger partial charge in [0.2, 0.25) is 5.95 Å². The van der Waals surface area contributed by atoms with Gasteiger partial charge in [-0.05, 0) is 69.7 Å². The molecule has 1 atom stereocenters. The van der Waals surface area contributed by atoms with E-state index in [4.69, 9.17) is 16.6 Å². The maximum absolute atomic E-state index is 13.7. The predicted octanol–water partition coefficient (Wildman–Crippen LogP) is 4.67. The molecule has 0 radical (unpaired) electrons. The van der Waals surface area contributed by atoms with Crippen LogP contribution in [0.25, 0.3) is 5.69 Å². The molecule has 0 aliphatic carbocycles. The number of carbonyl (C=O) groups excluding carboxylic acids is 2.